The zero-order valence-electron chi connectivity index (χ0n) is 15.3. The Labute approximate surface area is 151 Å². The lowest BCUT2D eigenvalue weighted by molar-refractivity contribution is -0.124. The predicted octanol–water partition coefficient (Wildman–Crippen LogP) is 2.13. The molecule has 25 heavy (non-hydrogen) atoms. The van der Waals surface area contributed by atoms with E-state index in [4.69, 9.17) is 4.74 Å². The van der Waals surface area contributed by atoms with Crippen LogP contribution < -0.4 is 10.1 Å². The summed E-state index contributed by atoms with van der Waals surface area (Å²) in [6, 6.07) is 10.1. The van der Waals surface area contributed by atoms with Gasteiger partial charge in [-0.2, -0.15) is 0 Å². The molecule has 1 heterocycles. The van der Waals surface area contributed by atoms with E-state index in [0.717, 1.165) is 57.7 Å². The largest absolute Gasteiger partial charge is 0.488 e. The lowest BCUT2D eigenvalue weighted by atomic mass is 9.92. The fourth-order valence-corrected chi connectivity index (χ4v) is 3.80. The first kappa shape index (κ1) is 18.2. The minimum absolute atomic E-state index is 0.0806. The van der Waals surface area contributed by atoms with E-state index >= 15 is 0 Å². The van der Waals surface area contributed by atoms with Crippen LogP contribution in [0.4, 0.5) is 0 Å². The zero-order chi connectivity index (χ0) is 17.5. The van der Waals surface area contributed by atoms with E-state index in [2.05, 4.69) is 22.0 Å². The van der Waals surface area contributed by atoms with Crippen molar-refractivity contribution in [2.24, 2.45) is 0 Å². The predicted molar refractivity (Wildman–Crippen MR) is 99.8 cm³/mol. The summed E-state index contributed by atoms with van der Waals surface area (Å²) in [7, 11) is 0. The molecule has 1 aromatic rings. The number of nitrogens with zero attached hydrogens (tertiary/aromatic N) is 2. The molecule has 1 N–H and O–H groups in total. The molecule has 138 valence electrons. The maximum absolute atomic E-state index is 12.5. The van der Waals surface area contributed by atoms with Crippen LogP contribution in [0.1, 0.15) is 32.6 Å². The molecule has 1 aliphatic carbocycles. The Morgan fingerprint density at radius 1 is 1.08 bits per heavy atom. The van der Waals surface area contributed by atoms with Crippen LogP contribution in [0.3, 0.4) is 0 Å². The van der Waals surface area contributed by atoms with Crippen LogP contribution >= 0.6 is 0 Å². The average molecular weight is 345 g/mol. The number of nitrogens with one attached hydrogen (secondary N) is 1. The summed E-state index contributed by atoms with van der Waals surface area (Å²) >= 11 is 0. The molecular weight excluding hydrogens is 314 g/mol. The molecule has 0 bridgehead atoms. The van der Waals surface area contributed by atoms with E-state index in [9.17, 15) is 4.79 Å². The van der Waals surface area contributed by atoms with Gasteiger partial charge in [-0.15, -0.1) is 0 Å². The van der Waals surface area contributed by atoms with E-state index in [1.807, 2.05) is 30.3 Å². The second-order valence-electron chi connectivity index (χ2n) is 7.14. The second kappa shape index (κ2) is 9.20. The quantitative estimate of drug-likeness (QED) is 0.858. The smallest absolute Gasteiger partial charge is 0.234 e. The Bertz CT molecular complexity index is 529. The summed E-state index contributed by atoms with van der Waals surface area (Å²) in [5.74, 6) is 1.03. The Morgan fingerprint density at radius 2 is 1.76 bits per heavy atom. The van der Waals surface area contributed by atoms with Crippen molar-refractivity contribution >= 4 is 5.91 Å². The molecule has 5 nitrogen and oxygen atoms in total. The number of carbonyl (C=O) groups excluding carboxylic acids is 1. The summed E-state index contributed by atoms with van der Waals surface area (Å²) in [6.07, 6.45) is 4.43. The second-order valence-corrected chi connectivity index (χ2v) is 7.14. The Balaban J connectivity index is 1.48. The highest BCUT2D eigenvalue weighted by Gasteiger charge is 2.29. The summed E-state index contributed by atoms with van der Waals surface area (Å²) in [5.41, 5.74) is 0. The van der Waals surface area contributed by atoms with Gasteiger partial charge in [0.25, 0.3) is 0 Å². The lowest BCUT2D eigenvalue weighted by Gasteiger charge is -2.35. The first-order chi connectivity index (χ1) is 12.2. The van der Waals surface area contributed by atoms with Crippen LogP contribution in [-0.2, 0) is 4.79 Å². The van der Waals surface area contributed by atoms with Crippen molar-refractivity contribution < 1.29 is 9.53 Å². The summed E-state index contributed by atoms with van der Waals surface area (Å²) in [5, 5.41) is 3.24. The zero-order valence-corrected chi connectivity index (χ0v) is 15.3. The number of hydrogen-bond acceptors (Lipinski definition) is 4. The first-order valence-electron chi connectivity index (χ1n) is 9.70. The van der Waals surface area contributed by atoms with Crippen molar-refractivity contribution in [2.45, 2.75) is 44.8 Å². The standard InChI is InChI=1S/C20H31N3O2/c1-2-22-12-14-23(15-13-22)16-20(24)21-18-10-6-7-11-19(18)25-17-8-4-3-5-9-17/h3-5,8-9,18-19H,2,6-7,10-16H2,1H3,(H,21,24)/t18-,19-/m1/s1. The normalized spacial score (nSPS) is 25.5. The third-order valence-electron chi connectivity index (χ3n) is 5.36. The van der Waals surface area contributed by atoms with Gasteiger partial charge in [0.15, 0.2) is 0 Å². The first-order valence-corrected chi connectivity index (χ1v) is 9.70. The number of piperazine rings is 1. The van der Waals surface area contributed by atoms with E-state index in [-0.39, 0.29) is 18.1 Å². The number of likely N-dealkylation sites (N-methyl/N-ethyl adjacent to an activating group) is 1. The highest BCUT2D eigenvalue weighted by Crippen LogP contribution is 2.23. The van der Waals surface area contributed by atoms with Gasteiger partial charge in [-0.25, -0.2) is 0 Å². The van der Waals surface area contributed by atoms with Crippen LogP contribution in [0.5, 0.6) is 5.75 Å². The van der Waals surface area contributed by atoms with Crippen molar-refractivity contribution in [3.8, 4) is 5.75 Å². The van der Waals surface area contributed by atoms with Crippen LogP contribution in [0.15, 0.2) is 30.3 Å². The SMILES string of the molecule is CCN1CCN(CC(=O)N[C@@H]2CCCC[C@H]2Oc2ccccc2)CC1. The molecule has 2 aliphatic rings. The van der Waals surface area contributed by atoms with Crippen molar-refractivity contribution in [3.63, 3.8) is 0 Å². The van der Waals surface area contributed by atoms with Gasteiger partial charge < -0.3 is 15.0 Å². The van der Waals surface area contributed by atoms with Gasteiger partial charge >= 0.3 is 0 Å². The van der Waals surface area contributed by atoms with Crippen molar-refractivity contribution in [2.75, 3.05) is 39.3 Å². The summed E-state index contributed by atoms with van der Waals surface area (Å²) in [4.78, 5) is 17.2. The third-order valence-corrected chi connectivity index (χ3v) is 5.36. The molecule has 2 atom stereocenters. The van der Waals surface area contributed by atoms with Crippen molar-refractivity contribution in [1.82, 2.24) is 15.1 Å². The van der Waals surface area contributed by atoms with Gasteiger partial charge in [-0.1, -0.05) is 31.5 Å². The van der Waals surface area contributed by atoms with Gasteiger partial charge in [-0.3, -0.25) is 9.69 Å². The molecule has 1 saturated carbocycles. The van der Waals surface area contributed by atoms with Crippen LogP contribution in [0, 0.1) is 0 Å². The van der Waals surface area contributed by atoms with Gasteiger partial charge in [0.1, 0.15) is 11.9 Å². The van der Waals surface area contributed by atoms with Crippen LogP contribution in [0.2, 0.25) is 0 Å². The molecule has 2 fully saturated rings. The number of benzene rings is 1. The molecule has 1 aliphatic heterocycles. The maximum atomic E-state index is 12.5. The fraction of sp³-hybridized carbons (Fsp3) is 0.650. The number of amides is 1. The van der Waals surface area contributed by atoms with Crippen molar-refractivity contribution in [1.29, 1.82) is 0 Å². The van der Waals surface area contributed by atoms with Gasteiger partial charge in [0.05, 0.1) is 12.6 Å². The molecule has 1 aromatic carbocycles. The van der Waals surface area contributed by atoms with Gasteiger partial charge in [0, 0.05) is 26.2 Å². The molecule has 3 rings (SSSR count). The maximum Gasteiger partial charge on any atom is 0.234 e. The lowest BCUT2D eigenvalue weighted by Crippen LogP contribution is -2.53. The number of rotatable bonds is 6. The van der Waals surface area contributed by atoms with Gasteiger partial charge in [-0.05, 0) is 37.9 Å². The third kappa shape index (κ3) is 5.44. The van der Waals surface area contributed by atoms with E-state index in [0.29, 0.717) is 6.54 Å². The molecule has 0 aromatic heterocycles. The Kier molecular flexibility index (Phi) is 6.70. The summed E-state index contributed by atoms with van der Waals surface area (Å²) in [6.45, 7) is 7.89. The molecule has 5 heteroatoms. The number of para-hydroxylation sites is 1. The van der Waals surface area contributed by atoms with Gasteiger partial charge in [0.2, 0.25) is 5.91 Å². The minimum atomic E-state index is 0.0806. The number of carbonyl (C=O) groups is 1. The van der Waals surface area contributed by atoms with Crippen LogP contribution in [-0.4, -0.2) is 67.1 Å². The summed E-state index contributed by atoms with van der Waals surface area (Å²) < 4.78 is 6.15. The molecule has 0 spiro atoms. The fourth-order valence-electron chi connectivity index (χ4n) is 3.80. The van der Waals surface area contributed by atoms with E-state index in [1.165, 1.54) is 6.42 Å². The number of hydrogen-bond donors (Lipinski definition) is 1. The number of ether oxygens (including phenoxy) is 1. The van der Waals surface area contributed by atoms with E-state index < -0.39 is 0 Å². The Hall–Kier alpha value is -1.59. The van der Waals surface area contributed by atoms with Crippen LogP contribution in [0.25, 0.3) is 0 Å². The Morgan fingerprint density at radius 3 is 2.48 bits per heavy atom. The monoisotopic (exact) mass is 345 g/mol. The molecule has 0 unspecified atom stereocenters. The molecule has 0 radical (unpaired) electrons. The molecule has 1 amide bonds. The highest BCUT2D eigenvalue weighted by atomic mass is 16.5. The highest BCUT2D eigenvalue weighted by molar-refractivity contribution is 5.78. The van der Waals surface area contributed by atoms with E-state index in [1.54, 1.807) is 0 Å². The molecular formula is C20H31N3O2. The molecule has 1 saturated heterocycles. The minimum Gasteiger partial charge on any atom is -0.488 e. The van der Waals surface area contributed by atoms with Crippen molar-refractivity contribution in [3.05, 3.63) is 30.3 Å². The average Bonchev–Trinajstić information content (AvgIpc) is 2.65. The topological polar surface area (TPSA) is 44.8 Å².